The number of halogens is 2. The Morgan fingerprint density at radius 1 is 0.919 bits per heavy atom. The van der Waals surface area contributed by atoms with E-state index in [-0.39, 0.29) is 50.3 Å². The maximum absolute atomic E-state index is 13.9. The molecule has 1 heterocycles. The lowest BCUT2D eigenvalue weighted by Gasteiger charge is -2.63. The van der Waals surface area contributed by atoms with E-state index in [0.29, 0.717) is 52.1 Å². The van der Waals surface area contributed by atoms with Crippen molar-refractivity contribution < 1.29 is 38.5 Å². The second-order valence-corrected chi connectivity index (χ2v) is 19.3. The van der Waals surface area contributed by atoms with E-state index < -0.39 is 52.2 Å². The number of nitrogens with zero attached hydrogens (tertiary/aromatic N) is 2. The van der Waals surface area contributed by atoms with Crippen molar-refractivity contribution in [3.63, 3.8) is 0 Å². The van der Waals surface area contributed by atoms with Crippen LogP contribution in [-0.2, 0) is 19.1 Å². The van der Waals surface area contributed by atoms with E-state index in [1.165, 1.54) is 4.90 Å². The maximum Gasteiger partial charge on any atom is 0.251 e. The molecule has 0 spiro atoms. The molecule has 1 saturated carbocycles. The maximum atomic E-state index is 13.9. The SMILES string of the molecule is C[C@H](NC(=O)[C@@H]1C[C@@H](O)CN1C(=O)C(NC(=O)COCCCCOc1ccc(C(=O)NC2C(C)(C)C(Oc3ccc(C#N)c(Cl)c3)C2(C)C)cc1)C(C)(C)C)c1ccc(Cl)cc1. The molecule has 0 aromatic heterocycles. The topological polar surface area (TPSA) is 179 Å². The summed E-state index contributed by atoms with van der Waals surface area (Å²) in [7, 11) is 0. The molecule has 4 amide bonds. The summed E-state index contributed by atoms with van der Waals surface area (Å²) in [6, 6.07) is 18.7. The molecule has 4 atom stereocenters. The number of aliphatic hydroxyl groups is 1. The van der Waals surface area contributed by atoms with Gasteiger partial charge in [-0.15, -0.1) is 0 Å². The van der Waals surface area contributed by atoms with E-state index in [0.717, 1.165) is 5.56 Å². The number of β-amino-alcohol motifs (C(OH)–C–C–N with tert-alkyl or cyclic N) is 1. The Morgan fingerprint density at radius 2 is 1.55 bits per heavy atom. The van der Waals surface area contributed by atoms with Gasteiger partial charge in [0.05, 0.1) is 29.3 Å². The molecular formula is C47H59Cl2N5O8. The standard InChI is InChI=1S/C47H59Cl2N5O8/c1-28(29-11-16-32(48)17-12-29)51-41(58)37-23-33(55)26-54(37)42(59)39(45(2,3)4)52-38(56)27-60-21-9-10-22-61-34-18-13-30(14-19-34)40(57)53-43-46(5,6)44(47(43,7)8)62-35-20-15-31(25-50)36(49)24-35/h11-20,24,28,33,37,39,43-44,55H,9-10,21-23,26-27H2,1-8H3,(H,51,58)(H,52,56)(H,53,57)/t28-,33+,37-,39?,43?,44?/m0/s1. The summed E-state index contributed by atoms with van der Waals surface area (Å²) in [5.74, 6) is -0.343. The number of rotatable bonds is 17. The zero-order valence-electron chi connectivity index (χ0n) is 36.7. The van der Waals surface area contributed by atoms with Crippen molar-refractivity contribution in [2.24, 2.45) is 16.2 Å². The quantitative estimate of drug-likeness (QED) is 0.104. The molecule has 15 heteroatoms. The van der Waals surface area contributed by atoms with Gasteiger partial charge in [0.15, 0.2) is 0 Å². The van der Waals surface area contributed by atoms with Gasteiger partial charge in [-0.05, 0) is 79.3 Å². The molecule has 0 radical (unpaired) electrons. The highest BCUT2D eigenvalue weighted by Crippen LogP contribution is 2.55. The van der Waals surface area contributed by atoms with Crippen LogP contribution in [0.1, 0.15) is 102 Å². The average Bonchev–Trinajstić information content (AvgIpc) is 3.61. The molecule has 2 fully saturated rings. The average molecular weight is 893 g/mol. The lowest BCUT2D eigenvalue weighted by molar-refractivity contribution is -0.164. The van der Waals surface area contributed by atoms with E-state index in [1.807, 2.05) is 39.8 Å². The summed E-state index contributed by atoms with van der Waals surface area (Å²) < 4.78 is 17.8. The third kappa shape index (κ3) is 11.6. The van der Waals surface area contributed by atoms with Crippen LogP contribution in [0.3, 0.4) is 0 Å². The van der Waals surface area contributed by atoms with Gasteiger partial charge in [0.1, 0.15) is 42.4 Å². The second kappa shape index (κ2) is 20.1. The number of unbranched alkanes of at least 4 members (excludes halogenated alkanes) is 1. The minimum atomic E-state index is -0.968. The van der Waals surface area contributed by atoms with Crippen LogP contribution in [-0.4, -0.2) is 90.3 Å². The lowest BCUT2D eigenvalue weighted by atomic mass is 9.49. The molecule has 3 aromatic rings. The van der Waals surface area contributed by atoms with E-state index in [9.17, 15) is 29.5 Å². The Kier molecular flexibility index (Phi) is 15.6. The zero-order chi connectivity index (χ0) is 45.6. The Balaban J connectivity index is 1.02. The Labute approximate surface area is 374 Å². The molecule has 334 valence electrons. The lowest BCUT2D eigenvalue weighted by Crippen LogP contribution is -2.74. The fraction of sp³-hybridized carbons (Fsp3) is 0.511. The molecule has 5 rings (SSSR count). The third-order valence-electron chi connectivity index (χ3n) is 11.7. The van der Waals surface area contributed by atoms with E-state index >= 15 is 0 Å². The Bertz CT molecular complexity index is 2100. The second-order valence-electron chi connectivity index (χ2n) is 18.5. The van der Waals surface area contributed by atoms with Crippen LogP contribution in [0.2, 0.25) is 10.0 Å². The monoisotopic (exact) mass is 891 g/mol. The minimum Gasteiger partial charge on any atom is -0.494 e. The predicted molar refractivity (Wildman–Crippen MR) is 237 cm³/mol. The summed E-state index contributed by atoms with van der Waals surface area (Å²) in [4.78, 5) is 55.0. The molecular weight excluding hydrogens is 833 g/mol. The summed E-state index contributed by atoms with van der Waals surface area (Å²) in [6.07, 6.45) is 0.244. The first kappa shape index (κ1) is 48.2. The van der Waals surface area contributed by atoms with Gasteiger partial charge < -0.3 is 40.2 Å². The molecule has 1 unspecified atom stereocenters. The fourth-order valence-electron chi connectivity index (χ4n) is 8.64. The van der Waals surface area contributed by atoms with Crippen molar-refractivity contribution in [1.29, 1.82) is 5.26 Å². The largest absolute Gasteiger partial charge is 0.494 e. The summed E-state index contributed by atoms with van der Waals surface area (Å²) >= 11 is 12.2. The number of benzene rings is 3. The van der Waals surface area contributed by atoms with Gasteiger partial charge >= 0.3 is 0 Å². The van der Waals surface area contributed by atoms with Crippen LogP contribution in [0.15, 0.2) is 66.7 Å². The third-order valence-corrected chi connectivity index (χ3v) is 12.3. The number of ether oxygens (including phenoxy) is 3. The van der Waals surface area contributed by atoms with Crippen molar-refractivity contribution in [3.05, 3.63) is 93.5 Å². The minimum absolute atomic E-state index is 0.0265. The number of hydrogen-bond acceptors (Lipinski definition) is 9. The summed E-state index contributed by atoms with van der Waals surface area (Å²) in [5.41, 5.74) is 0.222. The molecule has 62 heavy (non-hydrogen) atoms. The first-order valence-electron chi connectivity index (χ1n) is 20.9. The van der Waals surface area contributed by atoms with Crippen molar-refractivity contribution >= 4 is 46.8 Å². The van der Waals surface area contributed by atoms with Crippen LogP contribution in [0.4, 0.5) is 0 Å². The number of aliphatic hydroxyl groups excluding tert-OH is 1. The zero-order valence-corrected chi connectivity index (χ0v) is 38.2. The van der Waals surface area contributed by atoms with Gasteiger partial charge in [0, 0.05) is 53.1 Å². The van der Waals surface area contributed by atoms with Crippen LogP contribution in [0.25, 0.3) is 0 Å². The highest BCUT2D eigenvalue weighted by Gasteiger charge is 2.64. The molecule has 2 aliphatic rings. The number of carbonyl (C=O) groups is 4. The van der Waals surface area contributed by atoms with Crippen molar-refractivity contribution in [1.82, 2.24) is 20.9 Å². The number of amides is 4. The molecule has 1 aliphatic carbocycles. The van der Waals surface area contributed by atoms with Gasteiger partial charge in [-0.1, -0.05) is 83.8 Å². The van der Waals surface area contributed by atoms with E-state index in [1.54, 1.807) is 54.6 Å². The number of carbonyl (C=O) groups excluding carboxylic acids is 4. The van der Waals surface area contributed by atoms with Gasteiger partial charge in [0.2, 0.25) is 17.7 Å². The molecule has 0 bridgehead atoms. The first-order valence-corrected chi connectivity index (χ1v) is 21.7. The van der Waals surface area contributed by atoms with Crippen LogP contribution in [0, 0.1) is 27.6 Å². The number of nitrogens with one attached hydrogen (secondary N) is 3. The van der Waals surface area contributed by atoms with Crippen LogP contribution < -0.4 is 25.4 Å². The summed E-state index contributed by atoms with van der Waals surface area (Å²) in [6.45, 7) is 15.9. The normalized spacial score (nSPS) is 21.1. The molecule has 1 aliphatic heterocycles. The molecule has 3 aromatic carbocycles. The van der Waals surface area contributed by atoms with Crippen molar-refractivity contribution in [3.8, 4) is 17.6 Å². The highest BCUT2D eigenvalue weighted by molar-refractivity contribution is 6.31. The van der Waals surface area contributed by atoms with Gasteiger partial charge in [-0.2, -0.15) is 5.26 Å². The molecule has 13 nitrogen and oxygen atoms in total. The number of hydrogen-bond donors (Lipinski definition) is 4. The van der Waals surface area contributed by atoms with Crippen molar-refractivity contribution in [2.75, 3.05) is 26.4 Å². The Morgan fingerprint density at radius 3 is 2.16 bits per heavy atom. The molecule has 4 N–H and O–H groups in total. The number of likely N-dealkylation sites (tertiary alicyclic amines) is 1. The Hall–Kier alpha value is -4.87. The van der Waals surface area contributed by atoms with Gasteiger partial charge in [-0.3, -0.25) is 19.2 Å². The van der Waals surface area contributed by atoms with Gasteiger partial charge in [-0.25, -0.2) is 0 Å². The fourth-order valence-corrected chi connectivity index (χ4v) is 8.98. The van der Waals surface area contributed by atoms with Crippen molar-refractivity contribution in [2.45, 2.75) is 111 Å². The predicted octanol–water partition coefficient (Wildman–Crippen LogP) is 7.02. The van der Waals surface area contributed by atoms with E-state index in [4.69, 9.17) is 37.4 Å². The smallest absolute Gasteiger partial charge is 0.251 e. The molecule has 1 saturated heterocycles. The van der Waals surface area contributed by atoms with Gasteiger partial charge in [0.25, 0.3) is 5.91 Å². The van der Waals surface area contributed by atoms with Crippen LogP contribution in [0.5, 0.6) is 11.5 Å². The highest BCUT2D eigenvalue weighted by atomic mass is 35.5. The first-order chi connectivity index (χ1) is 29.1. The summed E-state index contributed by atoms with van der Waals surface area (Å²) in [5, 5.41) is 29.5. The number of nitriles is 1. The van der Waals surface area contributed by atoms with E-state index in [2.05, 4.69) is 49.7 Å². The van der Waals surface area contributed by atoms with Crippen LogP contribution >= 0.6 is 23.2 Å².